The summed E-state index contributed by atoms with van der Waals surface area (Å²) in [4.78, 5) is 12.5. The van der Waals surface area contributed by atoms with Gasteiger partial charge in [0.15, 0.2) is 0 Å². The van der Waals surface area contributed by atoms with Crippen LogP contribution in [0, 0.1) is 0 Å². The van der Waals surface area contributed by atoms with Crippen LogP contribution in [0.2, 0.25) is 4.34 Å². The maximum Gasteiger partial charge on any atom is 0.250 e. The fraction of sp³-hybridized carbons (Fsp3) is 0.214. The number of carbonyl (C=O) groups excluding carboxylic acids is 1. The molecule has 0 atom stereocenters. The number of carbonyl (C=O) groups is 1. The number of hydrogen-bond donors (Lipinski definition) is 2. The zero-order valence-corrected chi connectivity index (χ0v) is 14.4. The number of methoxy groups -OCH3 is 1. The molecule has 4 nitrogen and oxygen atoms in total. The minimum Gasteiger partial charge on any atom is -0.380 e. The SMILES string of the molecule is COCC(=O)Nc1ccc(NCc2cc(Br)c(Cl)s2)cc1. The molecule has 0 aliphatic carbocycles. The lowest BCUT2D eigenvalue weighted by Gasteiger charge is -2.07. The van der Waals surface area contributed by atoms with Crippen LogP contribution in [-0.2, 0) is 16.1 Å². The van der Waals surface area contributed by atoms with Gasteiger partial charge in [-0.2, -0.15) is 0 Å². The monoisotopic (exact) mass is 388 g/mol. The fourth-order valence-electron chi connectivity index (χ4n) is 1.67. The first-order valence-electron chi connectivity index (χ1n) is 6.15. The first-order chi connectivity index (χ1) is 10.1. The highest BCUT2D eigenvalue weighted by Gasteiger charge is 2.05. The van der Waals surface area contributed by atoms with Crippen molar-refractivity contribution in [2.45, 2.75) is 6.54 Å². The average Bonchev–Trinajstić information content (AvgIpc) is 2.77. The van der Waals surface area contributed by atoms with E-state index in [0.29, 0.717) is 6.54 Å². The Morgan fingerprint density at radius 2 is 2.00 bits per heavy atom. The minimum absolute atomic E-state index is 0.0496. The Labute approximate surface area is 140 Å². The number of nitrogens with one attached hydrogen (secondary N) is 2. The number of halogens is 2. The maximum absolute atomic E-state index is 11.4. The predicted octanol–water partition coefficient (Wildman–Crippen LogP) is 4.36. The van der Waals surface area contributed by atoms with E-state index in [1.165, 1.54) is 18.4 Å². The smallest absolute Gasteiger partial charge is 0.250 e. The van der Waals surface area contributed by atoms with Gasteiger partial charge in [-0.05, 0) is 46.3 Å². The van der Waals surface area contributed by atoms with Gasteiger partial charge in [0.05, 0.1) is 0 Å². The van der Waals surface area contributed by atoms with E-state index in [9.17, 15) is 4.79 Å². The Bertz CT molecular complexity index is 596. The van der Waals surface area contributed by atoms with Crippen LogP contribution in [0.5, 0.6) is 0 Å². The van der Waals surface area contributed by atoms with Gasteiger partial charge in [0.1, 0.15) is 10.9 Å². The molecule has 2 rings (SSSR count). The van der Waals surface area contributed by atoms with Crippen LogP contribution in [0.15, 0.2) is 34.8 Å². The van der Waals surface area contributed by atoms with Crippen LogP contribution in [-0.4, -0.2) is 19.6 Å². The molecule has 0 bridgehead atoms. The molecule has 0 spiro atoms. The molecule has 0 aliphatic heterocycles. The zero-order valence-electron chi connectivity index (χ0n) is 11.3. The number of hydrogen-bond acceptors (Lipinski definition) is 4. The molecule has 1 aromatic carbocycles. The summed E-state index contributed by atoms with van der Waals surface area (Å²) >= 11 is 10.9. The molecule has 0 fully saturated rings. The molecule has 0 radical (unpaired) electrons. The second-order valence-corrected chi connectivity index (χ2v) is 6.84. The van der Waals surface area contributed by atoms with Crippen LogP contribution in [0.4, 0.5) is 11.4 Å². The molecular weight excluding hydrogens is 376 g/mol. The average molecular weight is 390 g/mol. The molecule has 1 amide bonds. The summed E-state index contributed by atoms with van der Waals surface area (Å²) in [5.74, 6) is -0.170. The zero-order chi connectivity index (χ0) is 15.2. The highest BCUT2D eigenvalue weighted by Crippen LogP contribution is 2.32. The van der Waals surface area contributed by atoms with E-state index in [4.69, 9.17) is 16.3 Å². The Morgan fingerprint density at radius 3 is 2.57 bits per heavy atom. The number of amides is 1. The van der Waals surface area contributed by atoms with E-state index in [1.807, 2.05) is 30.3 Å². The van der Waals surface area contributed by atoms with E-state index < -0.39 is 0 Å². The van der Waals surface area contributed by atoms with Crippen LogP contribution in [0.25, 0.3) is 0 Å². The van der Waals surface area contributed by atoms with Crippen molar-refractivity contribution in [1.82, 2.24) is 0 Å². The Morgan fingerprint density at radius 1 is 1.33 bits per heavy atom. The molecule has 21 heavy (non-hydrogen) atoms. The number of thiophene rings is 1. The third-order valence-corrected chi connectivity index (χ3v) is 5.08. The molecule has 7 heteroatoms. The van der Waals surface area contributed by atoms with Crippen molar-refractivity contribution < 1.29 is 9.53 Å². The number of ether oxygens (including phenoxy) is 1. The Hall–Kier alpha value is -1.08. The second-order valence-electron chi connectivity index (χ2n) is 4.25. The molecular formula is C14H14BrClN2O2S. The highest BCUT2D eigenvalue weighted by atomic mass is 79.9. The normalized spacial score (nSPS) is 10.4. The summed E-state index contributed by atoms with van der Waals surface area (Å²) in [5.41, 5.74) is 1.71. The van der Waals surface area contributed by atoms with Gasteiger partial charge in [-0.3, -0.25) is 4.79 Å². The molecule has 112 valence electrons. The number of benzene rings is 1. The predicted molar refractivity (Wildman–Crippen MR) is 91.3 cm³/mol. The van der Waals surface area contributed by atoms with Crippen LogP contribution >= 0.6 is 38.9 Å². The third-order valence-electron chi connectivity index (χ3n) is 2.61. The lowest BCUT2D eigenvalue weighted by atomic mass is 10.2. The van der Waals surface area contributed by atoms with Gasteiger partial charge in [-0.15, -0.1) is 11.3 Å². The van der Waals surface area contributed by atoms with E-state index in [2.05, 4.69) is 26.6 Å². The number of rotatable bonds is 6. The minimum atomic E-state index is -0.170. The molecule has 0 saturated heterocycles. The summed E-state index contributed by atoms with van der Waals surface area (Å²) in [6, 6.07) is 9.50. The third kappa shape index (κ3) is 5.00. The molecule has 2 aromatic rings. The summed E-state index contributed by atoms with van der Waals surface area (Å²) in [6.07, 6.45) is 0. The van der Waals surface area contributed by atoms with E-state index in [-0.39, 0.29) is 12.5 Å². The molecule has 1 aromatic heterocycles. The van der Waals surface area contributed by atoms with Crippen molar-refractivity contribution in [3.8, 4) is 0 Å². The molecule has 0 unspecified atom stereocenters. The van der Waals surface area contributed by atoms with Gasteiger partial charge < -0.3 is 15.4 Å². The topological polar surface area (TPSA) is 50.4 Å². The quantitative estimate of drug-likeness (QED) is 0.772. The van der Waals surface area contributed by atoms with Crippen LogP contribution in [0.3, 0.4) is 0 Å². The van der Waals surface area contributed by atoms with Gasteiger partial charge in [0.2, 0.25) is 5.91 Å². The van der Waals surface area contributed by atoms with E-state index in [0.717, 1.165) is 25.1 Å². The number of anilines is 2. The molecule has 1 heterocycles. The second kappa shape index (κ2) is 7.79. The van der Waals surface area contributed by atoms with Crippen LogP contribution < -0.4 is 10.6 Å². The first kappa shape index (κ1) is 16.3. The van der Waals surface area contributed by atoms with Crippen molar-refractivity contribution in [2.75, 3.05) is 24.4 Å². The molecule has 2 N–H and O–H groups in total. The maximum atomic E-state index is 11.4. The van der Waals surface area contributed by atoms with Gasteiger partial charge >= 0.3 is 0 Å². The lowest BCUT2D eigenvalue weighted by molar-refractivity contribution is -0.119. The van der Waals surface area contributed by atoms with Crippen molar-refractivity contribution in [3.05, 3.63) is 44.0 Å². The standard InChI is InChI=1S/C14H14BrClN2O2S/c1-20-8-13(19)18-10-4-2-9(3-5-10)17-7-11-6-12(15)14(16)21-11/h2-6,17H,7-8H2,1H3,(H,18,19). The summed E-state index contributed by atoms with van der Waals surface area (Å²) in [6.45, 7) is 0.749. The summed E-state index contributed by atoms with van der Waals surface area (Å²) < 4.78 is 6.43. The van der Waals surface area contributed by atoms with Crippen LogP contribution in [0.1, 0.15) is 4.88 Å². The lowest BCUT2D eigenvalue weighted by Crippen LogP contribution is -2.16. The first-order valence-corrected chi connectivity index (χ1v) is 8.13. The fourth-order valence-corrected chi connectivity index (χ4v) is 3.40. The Balaban J connectivity index is 1.88. The molecule has 0 saturated carbocycles. The summed E-state index contributed by atoms with van der Waals surface area (Å²) in [7, 11) is 1.49. The van der Waals surface area contributed by atoms with E-state index >= 15 is 0 Å². The van der Waals surface area contributed by atoms with Crippen molar-refractivity contribution >= 4 is 56.1 Å². The van der Waals surface area contributed by atoms with Crippen molar-refractivity contribution in [2.24, 2.45) is 0 Å². The van der Waals surface area contributed by atoms with Crippen molar-refractivity contribution in [1.29, 1.82) is 0 Å². The van der Waals surface area contributed by atoms with Gasteiger partial charge in [-0.1, -0.05) is 11.6 Å². The highest BCUT2D eigenvalue weighted by molar-refractivity contribution is 9.10. The van der Waals surface area contributed by atoms with Gasteiger partial charge in [0, 0.05) is 34.4 Å². The Kier molecular flexibility index (Phi) is 6.05. The van der Waals surface area contributed by atoms with E-state index in [1.54, 1.807) is 0 Å². The van der Waals surface area contributed by atoms with Gasteiger partial charge in [-0.25, -0.2) is 0 Å². The van der Waals surface area contributed by atoms with Crippen molar-refractivity contribution in [3.63, 3.8) is 0 Å². The largest absolute Gasteiger partial charge is 0.380 e. The summed E-state index contributed by atoms with van der Waals surface area (Å²) in [5, 5.41) is 6.04. The van der Waals surface area contributed by atoms with Gasteiger partial charge in [0.25, 0.3) is 0 Å². The molecule has 0 aliphatic rings.